The summed E-state index contributed by atoms with van der Waals surface area (Å²) in [4.78, 5) is 12.7. The number of amides is 1. The van der Waals surface area contributed by atoms with E-state index in [0.29, 0.717) is 22.3 Å². The molecule has 0 saturated heterocycles. The van der Waals surface area contributed by atoms with Crippen molar-refractivity contribution in [3.63, 3.8) is 0 Å². The molecule has 3 aromatic rings. The molecule has 1 aliphatic carbocycles. The number of benzene rings is 1. The maximum atomic E-state index is 12.7. The zero-order valence-corrected chi connectivity index (χ0v) is 13.8. The van der Waals surface area contributed by atoms with E-state index < -0.39 is 0 Å². The van der Waals surface area contributed by atoms with E-state index in [9.17, 15) is 9.90 Å². The molecule has 7 nitrogen and oxygen atoms in total. The van der Waals surface area contributed by atoms with E-state index in [2.05, 4.69) is 10.4 Å². The SMILES string of the molecule is Cn1cc(O[C@@H]2CCC[C@@H]2NC(=O)c2coc3cc(O)ccc23)cn1. The van der Waals surface area contributed by atoms with Gasteiger partial charge in [0, 0.05) is 18.5 Å². The average Bonchev–Trinajstić information content (AvgIpc) is 3.28. The molecule has 1 saturated carbocycles. The van der Waals surface area contributed by atoms with Crippen molar-refractivity contribution in [2.24, 2.45) is 7.05 Å². The molecule has 0 aliphatic heterocycles. The molecule has 2 aromatic heterocycles. The van der Waals surface area contributed by atoms with Crippen LogP contribution in [0.4, 0.5) is 0 Å². The summed E-state index contributed by atoms with van der Waals surface area (Å²) in [6.07, 6.45) is 7.59. The van der Waals surface area contributed by atoms with Gasteiger partial charge in [0.15, 0.2) is 5.75 Å². The van der Waals surface area contributed by atoms with E-state index in [4.69, 9.17) is 9.15 Å². The molecule has 1 aliphatic rings. The van der Waals surface area contributed by atoms with Crippen LogP contribution >= 0.6 is 0 Å². The average molecular weight is 341 g/mol. The highest BCUT2D eigenvalue weighted by Gasteiger charge is 2.31. The number of carbonyl (C=O) groups is 1. The highest BCUT2D eigenvalue weighted by atomic mass is 16.5. The van der Waals surface area contributed by atoms with E-state index in [1.165, 1.54) is 12.3 Å². The van der Waals surface area contributed by atoms with Gasteiger partial charge in [-0.25, -0.2) is 0 Å². The lowest BCUT2D eigenvalue weighted by Crippen LogP contribution is -2.42. The molecular formula is C18H19N3O4. The minimum Gasteiger partial charge on any atom is -0.508 e. The Hall–Kier alpha value is -2.96. The molecule has 0 unspecified atom stereocenters. The van der Waals surface area contributed by atoms with Crippen LogP contribution in [0.25, 0.3) is 11.0 Å². The van der Waals surface area contributed by atoms with E-state index in [-0.39, 0.29) is 23.8 Å². The topological polar surface area (TPSA) is 89.5 Å². The van der Waals surface area contributed by atoms with Gasteiger partial charge in [-0.1, -0.05) is 0 Å². The Morgan fingerprint density at radius 1 is 1.44 bits per heavy atom. The summed E-state index contributed by atoms with van der Waals surface area (Å²) in [6.45, 7) is 0. The first-order valence-electron chi connectivity index (χ1n) is 8.26. The second-order valence-corrected chi connectivity index (χ2v) is 6.35. The van der Waals surface area contributed by atoms with Crippen molar-refractivity contribution in [2.75, 3.05) is 0 Å². The van der Waals surface area contributed by atoms with Gasteiger partial charge in [0.25, 0.3) is 5.91 Å². The van der Waals surface area contributed by atoms with Gasteiger partial charge in [0.1, 0.15) is 23.7 Å². The van der Waals surface area contributed by atoms with Gasteiger partial charge in [-0.3, -0.25) is 9.48 Å². The van der Waals surface area contributed by atoms with Crippen molar-refractivity contribution >= 4 is 16.9 Å². The lowest BCUT2D eigenvalue weighted by Gasteiger charge is -2.21. The summed E-state index contributed by atoms with van der Waals surface area (Å²) in [5, 5.41) is 17.3. The first-order valence-corrected chi connectivity index (χ1v) is 8.26. The number of carbonyl (C=O) groups excluding carboxylic acids is 1. The Kier molecular flexibility index (Phi) is 3.83. The van der Waals surface area contributed by atoms with Crippen molar-refractivity contribution in [3.05, 3.63) is 42.4 Å². The molecule has 2 atom stereocenters. The maximum Gasteiger partial charge on any atom is 0.255 e. The van der Waals surface area contributed by atoms with Gasteiger partial charge in [-0.05, 0) is 31.4 Å². The summed E-state index contributed by atoms with van der Waals surface area (Å²) >= 11 is 0. The molecule has 0 spiro atoms. The minimum absolute atomic E-state index is 0.0604. The molecule has 0 bridgehead atoms. The van der Waals surface area contributed by atoms with Gasteiger partial charge in [0.05, 0.1) is 24.0 Å². The third-order valence-corrected chi connectivity index (χ3v) is 4.54. The molecule has 130 valence electrons. The molecule has 2 heterocycles. The predicted molar refractivity (Wildman–Crippen MR) is 90.6 cm³/mol. The fraction of sp³-hybridized carbons (Fsp3) is 0.333. The standard InChI is InChI=1S/C18H19N3O4/c1-21-9-12(8-19-21)25-16-4-2-3-15(16)20-18(23)14-10-24-17-7-11(22)5-6-13(14)17/h5-10,15-16,22H,2-4H2,1H3,(H,20,23)/t15-,16+/m0/s1. The summed E-state index contributed by atoms with van der Waals surface area (Å²) in [5.74, 6) is 0.614. The Bertz CT molecular complexity index is 914. The third-order valence-electron chi connectivity index (χ3n) is 4.54. The van der Waals surface area contributed by atoms with Crippen LogP contribution in [0.3, 0.4) is 0 Å². The number of aromatic nitrogens is 2. The largest absolute Gasteiger partial charge is 0.508 e. The monoisotopic (exact) mass is 341 g/mol. The first kappa shape index (κ1) is 15.6. The number of rotatable bonds is 4. The van der Waals surface area contributed by atoms with Crippen LogP contribution in [0.15, 0.2) is 41.3 Å². The highest BCUT2D eigenvalue weighted by Crippen LogP contribution is 2.27. The summed E-state index contributed by atoms with van der Waals surface area (Å²) in [5.41, 5.74) is 0.946. The number of phenolic OH excluding ortho intramolecular Hbond substituents is 1. The van der Waals surface area contributed by atoms with Gasteiger partial charge >= 0.3 is 0 Å². The summed E-state index contributed by atoms with van der Waals surface area (Å²) in [7, 11) is 1.84. The van der Waals surface area contributed by atoms with Crippen molar-refractivity contribution in [1.82, 2.24) is 15.1 Å². The van der Waals surface area contributed by atoms with Crippen LogP contribution in [0.5, 0.6) is 11.5 Å². The number of hydrogen-bond donors (Lipinski definition) is 2. The van der Waals surface area contributed by atoms with Gasteiger partial charge in [-0.2, -0.15) is 5.10 Å². The van der Waals surface area contributed by atoms with Gasteiger partial charge in [0.2, 0.25) is 0 Å². The van der Waals surface area contributed by atoms with Crippen LogP contribution in [0, 0.1) is 0 Å². The molecule has 1 aromatic carbocycles. The zero-order chi connectivity index (χ0) is 17.4. The van der Waals surface area contributed by atoms with E-state index in [1.54, 1.807) is 23.0 Å². The molecule has 7 heteroatoms. The van der Waals surface area contributed by atoms with E-state index in [0.717, 1.165) is 19.3 Å². The number of phenols is 1. The quantitative estimate of drug-likeness (QED) is 0.761. The van der Waals surface area contributed by atoms with Crippen LogP contribution in [0.1, 0.15) is 29.6 Å². The second-order valence-electron chi connectivity index (χ2n) is 6.35. The normalized spacial score (nSPS) is 20.0. The van der Waals surface area contributed by atoms with Crippen molar-refractivity contribution in [3.8, 4) is 11.5 Å². The third kappa shape index (κ3) is 3.05. The molecule has 0 radical (unpaired) electrons. The molecule has 1 amide bonds. The number of aryl methyl sites for hydroxylation is 1. The van der Waals surface area contributed by atoms with E-state index in [1.807, 2.05) is 13.2 Å². The van der Waals surface area contributed by atoms with Crippen molar-refractivity contribution in [1.29, 1.82) is 0 Å². The summed E-state index contributed by atoms with van der Waals surface area (Å²) in [6, 6.07) is 4.66. The van der Waals surface area contributed by atoms with Crippen LogP contribution in [-0.4, -0.2) is 32.9 Å². The number of nitrogens with zero attached hydrogens (tertiary/aromatic N) is 2. The molecule has 2 N–H and O–H groups in total. The lowest BCUT2D eigenvalue weighted by molar-refractivity contribution is 0.0894. The van der Waals surface area contributed by atoms with Crippen molar-refractivity contribution in [2.45, 2.75) is 31.4 Å². The zero-order valence-electron chi connectivity index (χ0n) is 13.8. The van der Waals surface area contributed by atoms with Crippen LogP contribution < -0.4 is 10.1 Å². The van der Waals surface area contributed by atoms with Crippen LogP contribution in [0.2, 0.25) is 0 Å². The Morgan fingerprint density at radius 2 is 2.32 bits per heavy atom. The molecule has 4 rings (SSSR count). The van der Waals surface area contributed by atoms with Gasteiger partial charge in [-0.15, -0.1) is 0 Å². The summed E-state index contributed by atoms with van der Waals surface area (Å²) < 4.78 is 13.0. The van der Waals surface area contributed by atoms with Crippen molar-refractivity contribution < 1.29 is 19.1 Å². The van der Waals surface area contributed by atoms with Crippen LogP contribution in [-0.2, 0) is 7.05 Å². The fourth-order valence-corrected chi connectivity index (χ4v) is 3.31. The fourth-order valence-electron chi connectivity index (χ4n) is 3.31. The number of nitrogens with one attached hydrogen (secondary N) is 1. The Balaban J connectivity index is 1.49. The first-order chi connectivity index (χ1) is 12.1. The number of fused-ring (bicyclic) bond motifs is 1. The Morgan fingerprint density at radius 3 is 3.12 bits per heavy atom. The lowest BCUT2D eigenvalue weighted by atomic mass is 10.1. The van der Waals surface area contributed by atoms with Gasteiger partial charge < -0.3 is 19.6 Å². The van der Waals surface area contributed by atoms with E-state index >= 15 is 0 Å². The molecule has 1 fully saturated rings. The minimum atomic E-state index is -0.198. The number of furan rings is 1. The number of hydrogen-bond acceptors (Lipinski definition) is 5. The molecule has 25 heavy (non-hydrogen) atoms. The molecular weight excluding hydrogens is 322 g/mol. The predicted octanol–water partition coefficient (Wildman–Crippen LogP) is 2.60. The highest BCUT2D eigenvalue weighted by molar-refractivity contribution is 6.06. The number of ether oxygens (including phenoxy) is 1. The second kappa shape index (κ2) is 6.16. The Labute approximate surface area is 144 Å². The number of aromatic hydroxyl groups is 1. The maximum absolute atomic E-state index is 12.7. The smallest absolute Gasteiger partial charge is 0.255 e.